The molecule has 4 nitrogen and oxygen atoms in total. The molecule has 0 radical (unpaired) electrons. The van der Waals surface area contributed by atoms with Crippen LogP contribution in [0.5, 0.6) is 23.0 Å². The van der Waals surface area contributed by atoms with Crippen LogP contribution >= 0.6 is 45.3 Å². The normalized spacial score (nSPS) is 12.1. The molecule has 0 N–H and O–H groups in total. The summed E-state index contributed by atoms with van der Waals surface area (Å²) in [5, 5.41) is 13.7. The Morgan fingerprint density at radius 3 is 0.627 bits per heavy atom. The van der Waals surface area contributed by atoms with Crippen LogP contribution in [0.25, 0.3) is 82.1 Å². The molecule has 0 aliphatic heterocycles. The molecule has 0 aliphatic rings. The zero-order valence-corrected chi connectivity index (χ0v) is 74.8. The van der Waals surface area contributed by atoms with Gasteiger partial charge >= 0.3 is 0 Å². The molecule has 4 heterocycles. The van der Waals surface area contributed by atoms with Gasteiger partial charge in [-0.1, -0.05) is 388 Å². The lowest BCUT2D eigenvalue weighted by molar-refractivity contribution is 0.259. The Labute approximate surface area is 688 Å². The number of aryl methyl sites for hydroxylation is 2. The van der Waals surface area contributed by atoms with E-state index in [2.05, 4.69) is 135 Å². The highest BCUT2D eigenvalue weighted by atomic mass is 32.1. The molecule has 0 fully saturated rings. The van der Waals surface area contributed by atoms with Crippen LogP contribution in [0.15, 0.2) is 48.5 Å². The van der Waals surface area contributed by atoms with Crippen LogP contribution in [0.4, 0.5) is 0 Å². The highest BCUT2D eigenvalue weighted by molar-refractivity contribution is 7.33. The molecule has 8 heteroatoms. The van der Waals surface area contributed by atoms with Crippen LogP contribution in [-0.2, 0) is 12.8 Å². The van der Waals surface area contributed by atoms with Gasteiger partial charge in [0.1, 0.15) is 0 Å². The van der Waals surface area contributed by atoms with E-state index in [1.54, 1.807) is 0 Å². The van der Waals surface area contributed by atoms with Gasteiger partial charge < -0.3 is 18.9 Å². The van der Waals surface area contributed by atoms with E-state index in [1.165, 1.54) is 451 Å². The van der Waals surface area contributed by atoms with Crippen LogP contribution in [0.2, 0.25) is 0 Å². The summed E-state index contributed by atoms with van der Waals surface area (Å²) in [7, 11) is 0. The van der Waals surface area contributed by atoms with Gasteiger partial charge in [-0.05, 0) is 121 Å². The van der Waals surface area contributed by atoms with Gasteiger partial charge in [-0.25, -0.2) is 0 Å². The van der Waals surface area contributed by atoms with Crippen LogP contribution in [0.1, 0.15) is 437 Å². The molecule has 0 saturated heterocycles. The standard InChI is InChI=1S/C102H158O4S4/c1-7-13-19-25-31-37-43-49-55-61-67-81-73-87-83-75-91(103-69-63-57-51-45-39-33-27-21-15-9-3)93(105-71-65-59-53-47-41-35-29-23-17-11-5)77-85(83)97-89-79-96-90(80-95(89)109-101(97)99(87)107-81)98-86-78-94(106-72-66-60-54-48-42-36-30-24-18-12-6)92(104-70-64-58-52-46-40-34-28-22-16-10-4)76-84(86)88-74-82(108-100(88)102(98)110-96)68-62-56-50-44-38-32-26-20-14-8-2/h73-80H,7-72H2,1-6H3. The summed E-state index contributed by atoms with van der Waals surface area (Å²) in [6.07, 6.45) is 82.2. The SMILES string of the molecule is CCCCCCCCCCCCOc1cc2c3cc(CCCCCCCCCCCC)sc3c3sc4cc5c(cc4c3c2cc1OCCCCCCCCCCCC)sc1c2sc(CCCCCCCCCCCC)cc2c2cc(OCCCCCCCCCCCC)c(OCCCCCCCCCCCC)cc2c51. The number of thiophene rings is 4. The van der Waals surface area contributed by atoms with E-state index in [4.69, 9.17) is 18.9 Å². The number of hydrogen-bond donors (Lipinski definition) is 0. The summed E-state index contributed by atoms with van der Waals surface area (Å²) in [5.41, 5.74) is 0. The largest absolute Gasteiger partial charge is 0.490 e. The molecule has 0 saturated carbocycles. The quantitative estimate of drug-likeness (QED) is 0.0356. The van der Waals surface area contributed by atoms with Gasteiger partial charge in [-0.2, -0.15) is 0 Å². The van der Waals surface area contributed by atoms with Crippen molar-refractivity contribution >= 4 is 127 Å². The first-order chi connectivity index (χ1) is 54.5. The Bertz CT molecular complexity index is 3660. The second-order valence-corrected chi connectivity index (χ2v) is 38.4. The van der Waals surface area contributed by atoms with E-state index in [-0.39, 0.29) is 0 Å². The molecule has 0 spiro atoms. The Balaban J connectivity index is 1.09. The first-order valence-electron chi connectivity index (χ1n) is 47.7. The minimum atomic E-state index is 0.724. The van der Waals surface area contributed by atoms with E-state index in [0.29, 0.717) is 0 Å². The zero-order valence-electron chi connectivity index (χ0n) is 71.6. The molecule has 9 rings (SSSR count). The van der Waals surface area contributed by atoms with Crippen molar-refractivity contribution in [2.45, 2.75) is 440 Å². The molecule has 0 aliphatic carbocycles. The summed E-state index contributed by atoms with van der Waals surface area (Å²) < 4.78 is 36.9. The van der Waals surface area contributed by atoms with Crippen LogP contribution in [0.3, 0.4) is 0 Å². The van der Waals surface area contributed by atoms with Crippen molar-refractivity contribution in [2.24, 2.45) is 0 Å². The van der Waals surface area contributed by atoms with E-state index in [0.717, 1.165) is 88.0 Å². The highest BCUT2D eigenvalue weighted by Gasteiger charge is 2.25. The molecule has 0 amide bonds. The van der Waals surface area contributed by atoms with Crippen molar-refractivity contribution < 1.29 is 18.9 Å². The molecule has 0 unspecified atom stereocenters. The van der Waals surface area contributed by atoms with E-state index >= 15 is 0 Å². The van der Waals surface area contributed by atoms with Crippen molar-refractivity contribution in [3.05, 3.63) is 58.3 Å². The lowest BCUT2D eigenvalue weighted by atomic mass is 9.97. The third-order valence-electron chi connectivity index (χ3n) is 24.3. The van der Waals surface area contributed by atoms with Crippen molar-refractivity contribution in [1.82, 2.24) is 0 Å². The first-order valence-corrected chi connectivity index (χ1v) is 50.9. The molecule has 9 aromatic rings. The van der Waals surface area contributed by atoms with Gasteiger partial charge in [0.15, 0.2) is 23.0 Å². The summed E-state index contributed by atoms with van der Waals surface area (Å²) in [5.74, 6) is 3.74. The van der Waals surface area contributed by atoms with Crippen LogP contribution in [-0.4, -0.2) is 26.4 Å². The van der Waals surface area contributed by atoms with Gasteiger partial charge in [0, 0.05) is 51.5 Å². The smallest absolute Gasteiger partial charge is 0.161 e. The minimum Gasteiger partial charge on any atom is -0.490 e. The summed E-state index contributed by atoms with van der Waals surface area (Å²) in [6.45, 7) is 16.9. The molecule has 110 heavy (non-hydrogen) atoms. The number of hydrogen-bond acceptors (Lipinski definition) is 8. The van der Waals surface area contributed by atoms with Crippen LogP contribution < -0.4 is 18.9 Å². The Morgan fingerprint density at radius 2 is 0.391 bits per heavy atom. The first kappa shape index (κ1) is 90.1. The maximum absolute atomic E-state index is 7.10. The summed E-state index contributed by atoms with van der Waals surface area (Å²) >= 11 is 8.28. The Kier molecular flexibility index (Phi) is 45.0. The fourth-order valence-corrected chi connectivity index (χ4v) is 22.7. The Hall–Kier alpha value is -3.82. The van der Waals surface area contributed by atoms with Gasteiger partial charge in [0.25, 0.3) is 0 Å². The second-order valence-electron chi connectivity index (χ2n) is 34.0. The molecular formula is C102H158O4S4. The fourth-order valence-electron chi connectivity index (χ4n) is 17.5. The third kappa shape index (κ3) is 30.0. The van der Waals surface area contributed by atoms with Gasteiger partial charge in [0.2, 0.25) is 0 Å². The maximum Gasteiger partial charge on any atom is 0.161 e. The van der Waals surface area contributed by atoms with E-state index in [1.807, 2.05) is 0 Å². The summed E-state index contributed by atoms with van der Waals surface area (Å²) in [4.78, 5) is 3.06. The lowest BCUT2D eigenvalue weighted by Crippen LogP contribution is -2.03. The van der Waals surface area contributed by atoms with E-state index < -0.39 is 0 Å². The van der Waals surface area contributed by atoms with Gasteiger partial charge in [0.05, 0.1) is 45.2 Å². The highest BCUT2D eigenvalue weighted by Crippen LogP contribution is 2.54. The van der Waals surface area contributed by atoms with Crippen molar-refractivity contribution in [3.8, 4) is 23.0 Å². The number of ether oxygens (including phenoxy) is 4. The monoisotopic (exact) mass is 1580 g/mol. The lowest BCUT2D eigenvalue weighted by Gasteiger charge is -2.16. The number of benzene rings is 5. The molecule has 0 atom stereocenters. The third-order valence-corrected chi connectivity index (χ3v) is 29.4. The zero-order chi connectivity index (χ0) is 76.7. The predicted octanol–water partition coefficient (Wildman–Crippen LogP) is 37.3. The molecular weight excluding hydrogens is 1420 g/mol. The number of rotatable bonds is 70. The summed E-state index contributed by atoms with van der Waals surface area (Å²) in [6, 6.07) is 20.3. The average molecular weight is 1580 g/mol. The van der Waals surface area contributed by atoms with Gasteiger partial charge in [-0.15, -0.1) is 45.3 Å². The van der Waals surface area contributed by atoms with E-state index in [9.17, 15) is 0 Å². The molecule has 614 valence electrons. The second kappa shape index (κ2) is 54.9. The number of fused-ring (bicyclic) bond motifs is 16. The van der Waals surface area contributed by atoms with Crippen LogP contribution in [0, 0.1) is 0 Å². The van der Waals surface area contributed by atoms with Crippen molar-refractivity contribution in [1.29, 1.82) is 0 Å². The fraction of sp³-hybridized carbons (Fsp3) is 0.706. The molecule has 4 aromatic heterocycles. The average Bonchev–Trinajstić information content (AvgIpc) is 1.54. The van der Waals surface area contributed by atoms with Gasteiger partial charge in [-0.3, -0.25) is 0 Å². The predicted molar refractivity (Wildman–Crippen MR) is 498 cm³/mol. The Morgan fingerprint density at radius 1 is 0.182 bits per heavy atom. The van der Waals surface area contributed by atoms with Crippen molar-refractivity contribution in [2.75, 3.05) is 26.4 Å². The van der Waals surface area contributed by atoms with Crippen molar-refractivity contribution in [3.63, 3.8) is 0 Å². The molecule has 0 bridgehead atoms. The topological polar surface area (TPSA) is 36.9 Å². The molecule has 5 aromatic carbocycles. The maximum atomic E-state index is 7.10. The minimum absolute atomic E-state index is 0.724. The number of unbranched alkanes of at least 4 members (excludes halogenated alkanes) is 54.